The Balaban J connectivity index is 1.38. The SMILES string of the molecule is O=C(Cc1ccc(N(Cc2cccc(F)c2)C(=O)c2ccc(Cl)cc2)cc1)NCCCN1CCOCC1. The minimum absolute atomic E-state index is 0.0383. The summed E-state index contributed by atoms with van der Waals surface area (Å²) in [5, 5.41) is 3.52. The molecule has 3 aromatic rings. The minimum atomic E-state index is -0.359. The van der Waals surface area contributed by atoms with Crippen molar-refractivity contribution in [3.8, 4) is 0 Å². The molecule has 0 spiro atoms. The molecule has 8 heteroatoms. The number of rotatable bonds is 10. The Bertz CT molecular complexity index is 1180. The third-order valence-corrected chi connectivity index (χ3v) is 6.51. The molecule has 0 unspecified atom stereocenters. The molecule has 6 nitrogen and oxygen atoms in total. The summed E-state index contributed by atoms with van der Waals surface area (Å²) in [4.78, 5) is 29.7. The van der Waals surface area contributed by atoms with Crippen LogP contribution < -0.4 is 10.2 Å². The van der Waals surface area contributed by atoms with Gasteiger partial charge in [-0.3, -0.25) is 14.5 Å². The van der Waals surface area contributed by atoms with Crippen molar-refractivity contribution in [3.05, 3.63) is 100 Å². The number of anilines is 1. The number of hydrogen-bond donors (Lipinski definition) is 1. The fourth-order valence-corrected chi connectivity index (χ4v) is 4.37. The highest BCUT2D eigenvalue weighted by Crippen LogP contribution is 2.22. The first-order valence-electron chi connectivity index (χ1n) is 12.5. The molecule has 1 fully saturated rings. The second-order valence-corrected chi connectivity index (χ2v) is 9.47. The number of nitrogens with one attached hydrogen (secondary N) is 1. The summed E-state index contributed by atoms with van der Waals surface area (Å²) in [6, 6.07) is 20.2. The van der Waals surface area contributed by atoms with E-state index in [4.69, 9.17) is 16.3 Å². The average Bonchev–Trinajstić information content (AvgIpc) is 2.91. The van der Waals surface area contributed by atoms with Crippen LogP contribution in [0.2, 0.25) is 5.02 Å². The van der Waals surface area contributed by atoms with Crippen molar-refractivity contribution < 1.29 is 18.7 Å². The molecule has 3 aromatic carbocycles. The maximum atomic E-state index is 13.8. The van der Waals surface area contributed by atoms with Gasteiger partial charge in [0.15, 0.2) is 0 Å². The Morgan fingerprint density at radius 2 is 1.70 bits per heavy atom. The predicted octanol–water partition coefficient (Wildman–Crippen LogP) is 4.71. The molecular formula is C29H31ClFN3O3. The number of halogens is 2. The van der Waals surface area contributed by atoms with Crippen LogP contribution in [0.15, 0.2) is 72.8 Å². The van der Waals surface area contributed by atoms with Gasteiger partial charge in [0.2, 0.25) is 5.91 Å². The molecule has 4 rings (SSSR count). The molecule has 0 aromatic heterocycles. The van der Waals surface area contributed by atoms with E-state index in [0.717, 1.165) is 44.8 Å². The van der Waals surface area contributed by atoms with Gasteiger partial charge < -0.3 is 15.0 Å². The molecular weight excluding hydrogens is 493 g/mol. The summed E-state index contributed by atoms with van der Waals surface area (Å²) in [6.07, 6.45) is 1.15. The number of hydrogen-bond acceptors (Lipinski definition) is 4. The number of nitrogens with zero attached hydrogens (tertiary/aromatic N) is 2. The smallest absolute Gasteiger partial charge is 0.258 e. The topological polar surface area (TPSA) is 61.9 Å². The molecule has 2 amide bonds. The largest absolute Gasteiger partial charge is 0.379 e. The Hall–Kier alpha value is -3.26. The van der Waals surface area contributed by atoms with Crippen molar-refractivity contribution >= 4 is 29.1 Å². The quantitative estimate of drug-likeness (QED) is 0.391. The van der Waals surface area contributed by atoms with Gasteiger partial charge in [0, 0.05) is 35.9 Å². The van der Waals surface area contributed by atoms with Crippen LogP contribution >= 0.6 is 11.6 Å². The molecule has 194 valence electrons. The molecule has 0 bridgehead atoms. The van der Waals surface area contributed by atoms with Gasteiger partial charge in [0.25, 0.3) is 5.91 Å². The summed E-state index contributed by atoms with van der Waals surface area (Å²) in [7, 11) is 0. The van der Waals surface area contributed by atoms with E-state index in [0.29, 0.717) is 28.4 Å². The lowest BCUT2D eigenvalue weighted by Gasteiger charge is -2.26. The Kier molecular flexibility index (Phi) is 9.65. The van der Waals surface area contributed by atoms with Gasteiger partial charge in [-0.1, -0.05) is 35.9 Å². The molecule has 0 saturated carbocycles. The Labute approximate surface area is 222 Å². The van der Waals surface area contributed by atoms with E-state index < -0.39 is 0 Å². The van der Waals surface area contributed by atoms with Gasteiger partial charge in [-0.2, -0.15) is 0 Å². The highest BCUT2D eigenvalue weighted by Gasteiger charge is 2.19. The van der Waals surface area contributed by atoms with Crippen molar-refractivity contribution in [1.29, 1.82) is 0 Å². The highest BCUT2D eigenvalue weighted by atomic mass is 35.5. The van der Waals surface area contributed by atoms with Crippen LogP contribution in [0.1, 0.15) is 27.9 Å². The van der Waals surface area contributed by atoms with E-state index in [-0.39, 0.29) is 30.6 Å². The summed E-state index contributed by atoms with van der Waals surface area (Å²) in [5.41, 5.74) is 2.64. The van der Waals surface area contributed by atoms with E-state index >= 15 is 0 Å². The molecule has 0 aliphatic carbocycles. The molecule has 1 heterocycles. The highest BCUT2D eigenvalue weighted by molar-refractivity contribution is 6.30. The maximum Gasteiger partial charge on any atom is 0.258 e. The zero-order chi connectivity index (χ0) is 26.0. The van der Waals surface area contributed by atoms with Crippen LogP contribution in [0.4, 0.5) is 10.1 Å². The van der Waals surface area contributed by atoms with Crippen molar-refractivity contribution in [1.82, 2.24) is 10.2 Å². The van der Waals surface area contributed by atoms with Gasteiger partial charge in [0.1, 0.15) is 5.82 Å². The summed E-state index contributed by atoms with van der Waals surface area (Å²) >= 11 is 5.99. The van der Waals surface area contributed by atoms with E-state index in [2.05, 4.69) is 10.2 Å². The van der Waals surface area contributed by atoms with Crippen molar-refractivity contribution in [2.75, 3.05) is 44.3 Å². The van der Waals surface area contributed by atoms with E-state index in [1.54, 1.807) is 41.3 Å². The normalized spacial score (nSPS) is 13.8. The minimum Gasteiger partial charge on any atom is -0.379 e. The number of carbonyl (C=O) groups excluding carboxylic acids is 2. The van der Waals surface area contributed by atoms with Crippen molar-refractivity contribution in [2.24, 2.45) is 0 Å². The number of ether oxygens (including phenoxy) is 1. The van der Waals surface area contributed by atoms with Crippen molar-refractivity contribution in [2.45, 2.75) is 19.4 Å². The zero-order valence-corrected chi connectivity index (χ0v) is 21.4. The monoisotopic (exact) mass is 523 g/mol. The fourth-order valence-electron chi connectivity index (χ4n) is 4.24. The van der Waals surface area contributed by atoms with Gasteiger partial charge in [-0.15, -0.1) is 0 Å². The first kappa shape index (κ1) is 26.8. The van der Waals surface area contributed by atoms with Gasteiger partial charge >= 0.3 is 0 Å². The molecule has 1 N–H and O–H groups in total. The van der Waals surface area contributed by atoms with Crippen LogP contribution in [0.25, 0.3) is 0 Å². The Morgan fingerprint density at radius 3 is 2.41 bits per heavy atom. The third-order valence-electron chi connectivity index (χ3n) is 6.26. The second-order valence-electron chi connectivity index (χ2n) is 9.03. The molecule has 0 radical (unpaired) electrons. The lowest BCUT2D eigenvalue weighted by molar-refractivity contribution is -0.120. The molecule has 37 heavy (non-hydrogen) atoms. The lowest BCUT2D eigenvalue weighted by atomic mass is 10.1. The van der Waals surface area contributed by atoms with E-state index in [9.17, 15) is 14.0 Å². The predicted molar refractivity (Wildman–Crippen MR) is 143 cm³/mol. The summed E-state index contributed by atoms with van der Waals surface area (Å²) in [5.74, 6) is -0.627. The summed E-state index contributed by atoms with van der Waals surface area (Å²) in [6.45, 7) is 5.20. The fraction of sp³-hybridized carbons (Fsp3) is 0.310. The molecule has 1 aliphatic heterocycles. The first-order chi connectivity index (χ1) is 18.0. The van der Waals surface area contributed by atoms with Crippen LogP contribution in [0, 0.1) is 5.82 Å². The number of carbonyl (C=O) groups is 2. The first-order valence-corrected chi connectivity index (χ1v) is 12.8. The lowest BCUT2D eigenvalue weighted by Crippen LogP contribution is -2.38. The van der Waals surface area contributed by atoms with Crippen LogP contribution in [0.5, 0.6) is 0 Å². The van der Waals surface area contributed by atoms with Gasteiger partial charge in [-0.25, -0.2) is 4.39 Å². The van der Waals surface area contributed by atoms with Crippen molar-refractivity contribution in [3.63, 3.8) is 0 Å². The van der Waals surface area contributed by atoms with Crippen LogP contribution in [-0.4, -0.2) is 56.1 Å². The van der Waals surface area contributed by atoms with Crippen LogP contribution in [-0.2, 0) is 22.5 Å². The molecule has 1 saturated heterocycles. The van der Waals surface area contributed by atoms with E-state index in [1.165, 1.54) is 12.1 Å². The summed E-state index contributed by atoms with van der Waals surface area (Å²) < 4.78 is 19.2. The van der Waals surface area contributed by atoms with Gasteiger partial charge in [0.05, 0.1) is 26.2 Å². The zero-order valence-electron chi connectivity index (χ0n) is 20.7. The molecule has 1 aliphatic rings. The third kappa shape index (κ3) is 8.12. The number of benzene rings is 3. The average molecular weight is 524 g/mol. The standard InChI is InChI=1S/C29H31ClFN3O3/c30-25-9-7-24(8-10-25)29(36)34(21-23-3-1-4-26(31)19-23)27-11-5-22(6-12-27)20-28(35)32-13-2-14-33-15-17-37-18-16-33/h1,3-12,19H,2,13-18,20-21H2,(H,32,35). The second kappa shape index (κ2) is 13.3. The van der Waals surface area contributed by atoms with Crippen LogP contribution in [0.3, 0.4) is 0 Å². The number of amides is 2. The van der Waals surface area contributed by atoms with E-state index in [1.807, 2.05) is 24.3 Å². The van der Waals surface area contributed by atoms with Gasteiger partial charge in [-0.05, 0) is 72.6 Å². The maximum absolute atomic E-state index is 13.8. The Morgan fingerprint density at radius 1 is 0.973 bits per heavy atom. The number of morpholine rings is 1. The molecule has 0 atom stereocenters.